The van der Waals surface area contributed by atoms with Crippen molar-refractivity contribution in [2.75, 3.05) is 6.61 Å². The number of hydrogen-bond acceptors (Lipinski definition) is 5. The van der Waals surface area contributed by atoms with Crippen LogP contribution in [0, 0.1) is 0 Å². The van der Waals surface area contributed by atoms with Crippen LogP contribution in [0.15, 0.2) is 72.8 Å². The highest BCUT2D eigenvalue weighted by atomic mass is 35.5. The van der Waals surface area contributed by atoms with E-state index in [0.29, 0.717) is 27.8 Å². The number of ether oxygens (including phenoxy) is 3. The molecule has 160 valence electrons. The molecule has 0 aliphatic heterocycles. The molecule has 1 unspecified atom stereocenters. The summed E-state index contributed by atoms with van der Waals surface area (Å²) in [7, 11) is 0. The quantitative estimate of drug-likeness (QED) is 0.316. The zero-order valence-electron chi connectivity index (χ0n) is 16.7. The topological polar surface area (TPSA) is 61.8 Å². The third-order valence-electron chi connectivity index (χ3n) is 4.30. The van der Waals surface area contributed by atoms with Gasteiger partial charge < -0.3 is 14.2 Å². The average Bonchev–Trinajstić information content (AvgIpc) is 2.76. The molecule has 3 aromatic rings. The lowest BCUT2D eigenvalue weighted by Gasteiger charge is -2.15. The fourth-order valence-electron chi connectivity index (χ4n) is 2.66. The van der Waals surface area contributed by atoms with E-state index in [1.807, 2.05) is 30.3 Å². The van der Waals surface area contributed by atoms with Crippen LogP contribution in [-0.2, 0) is 16.0 Å². The number of hydrogen-bond donors (Lipinski definition) is 0. The summed E-state index contributed by atoms with van der Waals surface area (Å²) in [5.41, 5.74) is 1.46. The maximum atomic E-state index is 12.3. The summed E-state index contributed by atoms with van der Waals surface area (Å²) in [5, 5.41) is 0.758. The molecule has 7 heteroatoms. The maximum Gasteiger partial charge on any atom is 0.352 e. The second-order valence-corrected chi connectivity index (χ2v) is 7.50. The van der Waals surface area contributed by atoms with E-state index >= 15 is 0 Å². The van der Waals surface area contributed by atoms with Crippen molar-refractivity contribution in [3.05, 3.63) is 94.0 Å². The number of esters is 2. The molecule has 0 aliphatic rings. The first-order chi connectivity index (χ1) is 14.9. The largest absolute Gasteiger partial charge is 0.477 e. The van der Waals surface area contributed by atoms with Crippen LogP contribution in [0.25, 0.3) is 0 Å². The number of carbonyl (C=O) groups excluding carboxylic acids is 2. The highest BCUT2D eigenvalue weighted by Crippen LogP contribution is 2.28. The molecular weight excluding hydrogens is 439 g/mol. The average molecular weight is 459 g/mol. The van der Waals surface area contributed by atoms with Gasteiger partial charge in [0, 0.05) is 11.4 Å². The van der Waals surface area contributed by atoms with E-state index < -0.39 is 18.0 Å². The van der Waals surface area contributed by atoms with E-state index in [1.54, 1.807) is 19.1 Å². The number of carbonyl (C=O) groups is 2. The van der Waals surface area contributed by atoms with E-state index in [0.717, 1.165) is 5.56 Å². The van der Waals surface area contributed by atoms with E-state index in [2.05, 4.69) is 0 Å². The Bertz CT molecular complexity index is 1040. The van der Waals surface area contributed by atoms with Crippen LogP contribution in [0.1, 0.15) is 22.8 Å². The Labute approximate surface area is 190 Å². The molecule has 0 fully saturated rings. The van der Waals surface area contributed by atoms with Crippen LogP contribution in [-0.4, -0.2) is 24.6 Å². The first kappa shape index (κ1) is 22.7. The van der Waals surface area contributed by atoms with Crippen molar-refractivity contribution in [2.45, 2.75) is 19.4 Å². The van der Waals surface area contributed by atoms with Crippen LogP contribution in [0.3, 0.4) is 0 Å². The van der Waals surface area contributed by atoms with Crippen molar-refractivity contribution in [3.63, 3.8) is 0 Å². The number of benzene rings is 3. The predicted molar refractivity (Wildman–Crippen MR) is 119 cm³/mol. The fraction of sp³-hybridized carbons (Fsp3) is 0.167. The Hall–Kier alpha value is -3.02. The van der Waals surface area contributed by atoms with Crippen molar-refractivity contribution < 1.29 is 23.8 Å². The minimum absolute atomic E-state index is 0.279. The molecule has 5 nitrogen and oxygen atoms in total. The number of rotatable bonds is 8. The molecule has 0 radical (unpaired) electrons. The molecule has 3 rings (SSSR count). The molecule has 1 atom stereocenters. The van der Waals surface area contributed by atoms with Gasteiger partial charge in [-0.2, -0.15) is 0 Å². The van der Waals surface area contributed by atoms with Crippen LogP contribution >= 0.6 is 23.2 Å². The van der Waals surface area contributed by atoms with E-state index in [4.69, 9.17) is 37.4 Å². The summed E-state index contributed by atoms with van der Waals surface area (Å²) < 4.78 is 16.1. The van der Waals surface area contributed by atoms with Gasteiger partial charge in [0.15, 0.2) is 6.10 Å². The van der Waals surface area contributed by atoms with Crippen LogP contribution in [0.2, 0.25) is 10.0 Å². The second kappa shape index (κ2) is 10.8. The molecule has 0 spiro atoms. The molecule has 0 heterocycles. The van der Waals surface area contributed by atoms with Crippen LogP contribution in [0.4, 0.5) is 0 Å². The van der Waals surface area contributed by atoms with Gasteiger partial charge in [-0.05, 0) is 55.0 Å². The van der Waals surface area contributed by atoms with Gasteiger partial charge in [-0.25, -0.2) is 9.59 Å². The van der Waals surface area contributed by atoms with Gasteiger partial charge in [0.2, 0.25) is 0 Å². The predicted octanol–water partition coefficient (Wildman–Crippen LogP) is 5.77. The van der Waals surface area contributed by atoms with Crippen LogP contribution < -0.4 is 9.47 Å². The molecule has 0 amide bonds. The van der Waals surface area contributed by atoms with E-state index in [9.17, 15) is 9.59 Å². The molecule has 3 aromatic carbocycles. The van der Waals surface area contributed by atoms with E-state index in [1.165, 1.54) is 30.3 Å². The lowest BCUT2D eigenvalue weighted by Crippen LogP contribution is -2.28. The maximum absolute atomic E-state index is 12.3. The van der Waals surface area contributed by atoms with Gasteiger partial charge in [0.1, 0.15) is 11.5 Å². The first-order valence-electron chi connectivity index (χ1n) is 9.57. The minimum atomic E-state index is -0.902. The lowest BCUT2D eigenvalue weighted by atomic mass is 10.2. The molecule has 0 saturated carbocycles. The summed E-state index contributed by atoms with van der Waals surface area (Å²) in [6.45, 7) is 1.83. The molecule has 0 bridgehead atoms. The van der Waals surface area contributed by atoms with Gasteiger partial charge in [0.05, 0.1) is 17.2 Å². The summed E-state index contributed by atoms with van der Waals surface area (Å²) in [5.74, 6) is -0.445. The first-order valence-corrected chi connectivity index (χ1v) is 10.3. The Balaban J connectivity index is 1.49. The fourth-order valence-corrected chi connectivity index (χ4v) is 3.11. The van der Waals surface area contributed by atoms with Gasteiger partial charge >= 0.3 is 11.9 Å². The Kier molecular flexibility index (Phi) is 7.93. The highest BCUT2D eigenvalue weighted by molar-refractivity contribution is 6.35. The zero-order chi connectivity index (χ0) is 22.2. The number of halogens is 2. The molecular formula is C24H20Cl2O5. The smallest absolute Gasteiger partial charge is 0.352 e. The van der Waals surface area contributed by atoms with Gasteiger partial charge in [-0.3, -0.25) is 0 Å². The molecule has 31 heavy (non-hydrogen) atoms. The third-order valence-corrected chi connectivity index (χ3v) is 4.84. The molecule has 0 N–H and O–H groups in total. The van der Waals surface area contributed by atoms with Crippen molar-refractivity contribution in [1.82, 2.24) is 0 Å². The van der Waals surface area contributed by atoms with Gasteiger partial charge in [0.25, 0.3) is 0 Å². The van der Waals surface area contributed by atoms with Crippen molar-refractivity contribution in [1.29, 1.82) is 0 Å². The van der Waals surface area contributed by atoms with Crippen molar-refractivity contribution >= 4 is 35.1 Å². The third kappa shape index (κ3) is 6.74. The summed E-state index contributed by atoms with van der Waals surface area (Å²) in [6, 6.07) is 20.6. The minimum Gasteiger partial charge on any atom is -0.477 e. The van der Waals surface area contributed by atoms with Gasteiger partial charge in [-0.1, -0.05) is 53.5 Å². The normalized spacial score (nSPS) is 11.5. The standard InChI is InChI=1S/C24H20Cl2O5/c1-16(30-22-12-9-19(25)15-21(22)26)23(27)31-20-10-7-18(8-11-20)24(28)29-14-13-17-5-3-2-4-6-17/h2-12,15-16H,13-14H2,1H3. The van der Waals surface area contributed by atoms with Crippen LogP contribution in [0.5, 0.6) is 11.5 Å². The zero-order valence-corrected chi connectivity index (χ0v) is 18.2. The van der Waals surface area contributed by atoms with Crippen molar-refractivity contribution in [2.24, 2.45) is 0 Å². The Morgan fingerprint density at radius 3 is 2.32 bits per heavy atom. The monoisotopic (exact) mass is 458 g/mol. The molecule has 0 saturated heterocycles. The molecule has 0 aromatic heterocycles. The summed E-state index contributed by atoms with van der Waals surface area (Å²) in [4.78, 5) is 24.4. The molecule has 0 aliphatic carbocycles. The SMILES string of the molecule is CC(Oc1ccc(Cl)cc1Cl)C(=O)Oc1ccc(C(=O)OCCc2ccccc2)cc1. The highest BCUT2D eigenvalue weighted by Gasteiger charge is 2.19. The summed E-state index contributed by atoms with van der Waals surface area (Å²) in [6.07, 6.45) is -0.265. The lowest BCUT2D eigenvalue weighted by molar-refractivity contribution is -0.141. The second-order valence-electron chi connectivity index (χ2n) is 6.65. The summed E-state index contributed by atoms with van der Waals surface area (Å²) >= 11 is 11.9. The Morgan fingerprint density at radius 1 is 0.935 bits per heavy atom. The van der Waals surface area contributed by atoms with E-state index in [-0.39, 0.29) is 12.4 Å². The van der Waals surface area contributed by atoms with Crippen molar-refractivity contribution in [3.8, 4) is 11.5 Å². The Morgan fingerprint density at radius 2 is 1.65 bits per heavy atom. The van der Waals surface area contributed by atoms with Gasteiger partial charge in [-0.15, -0.1) is 0 Å².